The molecule has 2 amide bonds. The zero-order chi connectivity index (χ0) is 23.5. The fourth-order valence-electron chi connectivity index (χ4n) is 3.04. The van der Waals surface area contributed by atoms with Gasteiger partial charge >= 0.3 is 5.97 Å². The normalized spacial score (nSPS) is 14.8. The summed E-state index contributed by atoms with van der Waals surface area (Å²) in [5.74, 6) is -0.772. The van der Waals surface area contributed by atoms with Gasteiger partial charge in [0.25, 0.3) is 11.1 Å². The number of carbonyl (C=O) groups is 3. The van der Waals surface area contributed by atoms with Gasteiger partial charge < -0.3 is 4.74 Å². The lowest BCUT2D eigenvalue weighted by molar-refractivity contribution is -0.123. The SMILES string of the molecule is O=C(Oc1ccc(Br)cc1/C=C1\SC(=O)N(Cc2ccccc2Cl)C1=O)c1ccc(Cl)cc1. The summed E-state index contributed by atoms with van der Waals surface area (Å²) in [6, 6.07) is 18.4. The molecule has 0 N–H and O–H groups in total. The molecule has 9 heteroatoms. The van der Waals surface area contributed by atoms with Crippen molar-refractivity contribution in [2.75, 3.05) is 0 Å². The van der Waals surface area contributed by atoms with E-state index in [4.69, 9.17) is 27.9 Å². The molecule has 0 radical (unpaired) electrons. The number of halogens is 3. The molecule has 0 bridgehead atoms. The van der Waals surface area contributed by atoms with Gasteiger partial charge in [-0.05, 0) is 71.9 Å². The minimum atomic E-state index is -0.574. The second-order valence-electron chi connectivity index (χ2n) is 6.94. The minimum absolute atomic E-state index is 0.0680. The molecule has 4 rings (SSSR count). The maximum Gasteiger partial charge on any atom is 0.343 e. The number of esters is 1. The first-order valence-corrected chi connectivity index (χ1v) is 11.9. The van der Waals surface area contributed by atoms with Gasteiger partial charge in [0, 0.05) is 20.1 Å². The Balaban J connectivity index is 1.59. The highest BCUT2D eigenvalue weighted by atomic mass is 79.9. The second kappa shape index (κ2) is 10.1. The van der Waals surface area contributed by atoms with E-state index in [1.807, 2.05) is 0 Å². The molecule has 1 heterocycles. The molecule has 5 nitrogen and oxygen atoms in total. The molecule has 0 unspecified atom stereocenters. The van der Waals surface area contributed by atoms with Crippen LogP contribution in [0.3, 0.4) is 0 Å². The van der Waals surface area contributed by atoms with Crippen molar-refractivity contribution in [3.8, 4) is 5.75 Å². The van der Waals surface area contributed by atoms with Gasteiger partial charge in [0.2, 0.25) is 0 Å². The lowest BCUT2D eigenvalue weighted by Gasteiger charge is -2.13. The molecule has 0 aliphatic carbocycles. The van der Waals surface area contributed by atoms with Gasteiger partial charge in [-0.3, -0.25) is 14.5 Å². The maximum absolute atomic E-state index is 12.9. The van der Waals surface area contributed by atoms with Crippen LogP contribution in [0.5, 0.6) is 5.75 Å². The highest BCUT2D eigenvalue weighted by Crippen LogP contribution is 2.36. The third-order valence-electron chi connectivity index (χ3n) is 4.70. The summed E-state index contributed by atoms with van der Waals surface area (Å²) in [6.07, 6.45) is 1.53. The van der Waals surface area contributed by atoms with E-state index < -0.39 is 17.1 Å². The van der Waals surface area contributed by atoms with Gasteiger partial charge in [-0.15, -0.1) is 0 Å². The zero-order valence-corrected chi connectivity index (χ0v) is 20.7. The van der Waals surface area contributed by atoms with Gasteiger partial charge in [0.15, 0.2) is 0 Å². The van der Waals surface area contributed by atoms with Gasteiger partial charge in [0.05, 0.1) is 17.0 Å². The number of imide groups is 1. The number of amides is 2. The molecule has 0 saturated carbocycles. The summed E-state index contributed by atoms with van der Waals surface area (Å²) in [5, 5.41) is 0.577. The highest BCUT2D eigenvalue weighted by Gasteiger charge is 2.35. The molecule has 3 aromatic carbocycles. The van der Waals surface area contributed by atoms with Crippen LogP contribution in [-0.4, -0.2) is 22.0 Å². The van der Waals surface area contributed by atoms with Crippen molar-refractivity contribution < 1.29 is 19.1 Å². The van der Waals surface area contributed by atoms with Crippen LogP contribution in [-0.2, 0) is 11.3 Å². The van der Waals surface area contributed by atoms with Gasteiger partial charge in [-0.1, -0.05) is 57.3 Å². The molecule has 0 spiro atoms. The van der Waals surface area contributed by atoms with Crippen LogP contribution in [0.25, 0.3) is 6.08 Å². The van der Waals surface area contributed by atoms with Crippen molar-refractivity contribution in [2.24, 2.45) is 0 Å². The Hall–Kier alpha value is -2.58. The molecule has 0 aromatic heterocycles. The van der Waals surface area contributed by atoms with E-state index in [1.54, 1.807) is 66.7 Å². The third kappa shape index (κ3) is 5.50. The van der Waals surface area contributed by atoms with E-state index in [1.165, 1.54) is 6.08 Å². The summed E-state index contributed by atoms with van der Waals surface area (Å²) in [6.45, 7) is 0.0680. The van der Waals surface area contributed by atoms with Crippen molar-refractivity contribution >= 4 is 74.1 Å². The van der Waals surface area contributed by atoms with Crippen molar-refractivity contribution in [3.05, 3.63) is 103 Å². The fourth-order valence-corrected chi connectivity index (χ4v) is 4.57. The first-order chi connectivity index (χ1) is 15.8. The van der Waals surface area contributed by atoms with Gasteiger partial charge in [-0.2, -0.15) is 0 Å². The summed E-state index contributed by atoms with van der Waals surface area (Å²) in [7, 11) is 0. The van der Waals surface area contributed by atoms with Crippen molar-refractivity contribution in [2.45, 2.75) is 6.54 Å². The topological polar surface area (TPSA) is 63.7 Å². The van der Waals surface area contributed by atoms with E-state index in [0.29, 0.717) is 26.7 Å². The number of hydrogen-bond donors (Lipinski definition) is 0. The number of carbonyl (C=O) groups excluding carboxylic acids is 3. The van der Waals surface area contributed by atoms with Crippen molar-refractivity contribution in [1.82, 2.24) is 4.90 Å². The third-order valence-corrected chi connectivity index (χ3v) is 6.72. The van der Waals surface area contributed by atoms with Crippen LogP contribution >= 0.6 is 50.9 Å². The fraction of sp³-hybridized carbons (Fsp3) is 0.0417. The lowest BCUT2D eigenvalue weighted by atomic mass is 10.1. The summed E-state index contributed by atoms with van der Waals surface area (Å²) in [5.41, 5.74) is 1.46. The van der Waals surface area contributed by atoms with Crippen LogP contribution in [0.4, 0.5) is 4.79 Å². The number of nitrogens with zero attached hydrogens (tertiary/aromatic N) is 1. The lowest BCUT2D eigenvalue weighted by Crippen LogP contribution is -2.27. The number of ether oxygens (including phenoxy) is 1. The van der Waals surface area contributed by atoms with E-state index >= 15 is 0 Å². The summed E-state index contributed by atoms with van der Waals surface area (Å²) in [4.78, 5) is 39.4. The van der Waals surface area contributed by atoms with Crippen molar-refractivity contribution in [1.29, 1.82) is 0 Å². The number of hydrogen-bond acceptors (Lipinski definition) is 5. The van der Waals surface area contributed by atoms with Crippen molar-refractivity contribution in [3.63, 3.8) is 0 Å². The first-order valence-electron chi connectivity index (χ1n) is 9.58. The van der Waals surface area contributed by atoms with E-state index in [-0.39, 0.29) is 17.2 Å². The molecule has 1 aliphatic heterocycles. The second-order valence-corrected chi connectivity index (χ2v) is 9.69. The van der Waals surface area contributed by atoms with Crippen LogP contribution < -0.4 is 4.74 Å². The first kappa shape index (κ1) is 23.6. The molecule has 1 fully saturated rings. The Kier molecular flexibility index (Phi) is 7.24. The Bertz CT molecular complexity index is 1290. The number of benzene rings is 3. The molecular formula is C24H14BrCl2NO4S. The molecule has 1 aliphatic rings. The number of rotatable bonds is 5. The van der Waals surface area contributed by atoms with Crippen LogP contribution in [0.1, 0.15) is 21.5 Å². The Labute approximate surface area is 212 Å². The Morgan fingerprint density at radius 3 is 2.48 bits per heavy atom. The minimum Gasteiger partial charge on any atom is -0.422 e. The van der Waals surface area contributed by atoms with E-state index in [2.05, 4.69) is 15.9 Å². The molecular weight excluding hydrogens is 549 g/mol. The van der Waals surface area contributed by atoms with E-state index in [9.17, 15) is 14.4 Å². The molecule has 3 aromatic rings. The highest BCUT2D eigenvalue weighted by molar-refractivity contribution is 9.10. The zero-order valence-electron chi connectivity index (χ0n) is 16.8. The van der Waals surface area contributed by atoms with Gasteiger partial charge in [0.1, 0.15) is 5.75 Å². The van der Waals surface area contributed by atoms with Gasteiger partial charge in [-0.25, -0.2) is 4.79 Å². The summed E-state index contributed by atoms with van der Waals surface area (Å²) < 4.78 is 6.27. The predicted octanol–water partition coefficient (Wildman–Crippen LogP) is 7.21. The maximum atomic E-state index is 12.9. The van der Waals surface area contributed by atoms with Crippen LogP contribution in [0, 0.1) is 0 Å². The average molecular weight is 563 g/mol. The molecule has 166 valence electrons. The molecule has 0 atom stereocenters. The Morgan fingerprint density at radius 2 is 1.76 bits per heavy atom. The quantitative estimate of drug-likeness (QED) is 0.187. The Morgan fingerprint density at radius 1 is 1.03 bits per heavy atom. The smallest absolute Gasteiger partial charge is 0.343 e. The van der Waals surface area contributed by atoms with E-state index in [0.717, 1.165) is 21.1 Å². The van der Waals surface area contributed by atoms with Crippen LogP contribution in [0.15, 0.2) is 76.1 Å². The largest absolute Gasteiger partial charge is 0.422 e. The molecule has 1 saturated heterocycles. The standard InChI is InChI=1S/C24H14BrCl2NO4S/c25-17-7-10-20(32-23(30)14-5-8-18(26)9-6-14)16(11-17)12-21-22(29)28(24(31)33-21)13-15-3-1-2-4-19(15)27/h1-12H,13H2/b21-12-. The van der Waals surface area contributed by atoms with Crippen LogP contribution in [0.2, 0.25) is 10.0 Å². The summed E-state index contributed by atoms with van der Waals surface area (Å²) >= 11 is 16.3. The predicted molar refractivity (Wildman–Crippen MR) is 134 cm³/mol. The monoisotopic (exact) mass is 561 g/mol. The number of thioether (sulfide) groups is 1. The average Bonchev–Trinajstić information content (AvgIpc) is 3.05. The molecule has 33 heavy (non-hydrogen) atoms.